The molecule has 0 radical (unpaired) electrons. The molecule has 1 unspecified atom stereocenters. The summed E-state index contributed by atoms with van der Waals surface area (Å²) in [5, 5.41) is 0. The van der Waals surface area contributed by atoms with Gasteiger partial charge in [0, 0.05) is 29.4 Å². The minimum Gasteiger partial charge on any atom is -0.486 e. The van der Waals surface area contributed by atoms with Gasteiger partial charge in [0.05, 0.1) is 12.6 Å². The zero-order chi connectivity index (χ0) is 27.8. The highest BCUT2D eigenvalue weighted by Gasteiger charge is 2.18. The van der Waals surface area contributed by atoms with Crippen molar-refractivity contribution in [2.75, 3.05) is 7.11 Å². The molecule has 4 rings (SSSR count). The van der Waals surface area contributed by atoms with Crippen molar-refractivity contribution in [3.63, 3.8) is 0 Å². The number of hydrogen-bond acceptors (Lipinski definition) is 4. The Morgan fingerprint density at radius 1 is 0.949 bits per heavy atom. The summed E-state index contributed by atoms with van der Waals surface area (Å²) in [5.41, 5.74) is 5.65. The predicted molar refractivity (Wildman–Crippen MR) is 155 cm³/mol. The Kier molecular flexibility index (Phi) is 9.59. The van der Waals surface area contributed by atoms with Gasteiger partial charge in [-0.2, -0.15) is 0 Å². The smallest absolute Gasteiger partial charge is 0.305 e. The Hall–Kier alpha value is -3.86. The van der Waals surface area contributed by atoms with E-state index >= 15 is 0 Å². The molecule has 0 N–H and O–H groups in total. The van der Waals surface area contributed by atoms with Crippen LogP contribution in [0.15, 0.2) is 79.0 Å². The Balaban J connectivity index is 1.49. The largest absolute Gasteiger partial charge is 0.486 e. The quantitative estimate of drug-likeness (QED) is 0.132. The fourth-order valence-electron chi connectivity index (χ4n) is 5.01. The number of methoxy groups -OCH3 is 1. The molecule has 1 atom stereocenters. The van der Waals surface area contributed by atoms with Crippen LogP contribution in [-0.4, -0.2) is 23.3 Å². The number of fused-ring (bicyclic) bond motifs is 1. The molecule has 4 aromatic rings. The van der Waals surface area contributed by atoms with E-state index in [2.05, 4.69) is 45.0 Å². The van der Waals surface area contributed by atoms with Crippen LogP contribution in [0, 0.1) is 5.92 Å². The summed E-state index contributed by atoms with van der Waals surface area (Å²) in [6.45, 7) is 6.63. The Morgan fingerprint density at radius 3 is 2.36 bits per heavy atom. The van der Waals surface area contributed by atoms with Crippen molar-refractivity contribution < 1.29 is 19.1 Å². The number of carbonyl (C=O) groups is 2. The molecule has 2 aromatic carbocycles. The van der Waals surface area contributed by atoms with Gasteiger partial charge in [-0.3, -0.25) is 9.59 Å². The lowest BCUT2D eigenvalue weighted by molar-refractivity contribution is -0.140. The van der Waals surface area contributed by atoms with Crippen LogP contribution < -0.4 is 4.74 Å². The molecule has 2 aromatic heterocycles. The van der Waals surface area contributed by atoms with Crippen molar-refractivity contribution in [3.8, 4) is 5.75 Å². The summed E-state index contributed by atoms with van der Waals surface area (Å²) in [4.78, 5) is 25.1. The van der Waals surface area contributed by atoms with Crippen molar-refractivity contribution >= 4 is 17.3 Å². The predicted octanol–water partition coefficient (Wildman–Crippen LogP) is 7.78. The van der Waals surface area contributed by atoms with E-state index in [1.807, 2.05) is 59.1 Å². The summed E-state index contributed by atoms with van der Waals surface area (Å²) in [7, 11) is 1.40. The maximum Gasteiger partial charge on any atom is 0.305 e. The first-order valence-corrected chi connectivity index (χ1v) is 14.0. The van der Waals surface area contributed by atoms with Gasteiger partial charge in [0.25, 0.3) is 0 Å². The molecule has 204 valence electrons. The number of ether oxygens (including phenoxy) is 2. The first-order valence-electron chi connectivity index (χ1n) is 14.0. The van der Waals surface area contributed by atoms with E-state index in [9.17, 15) is 9.59 Å². The van der Waals surface area contributed by atoms with Gasteiger partial charge in [-0.25, -0.2) is 0 Å². The van der Waals surface area contributed by atoms with E-state index in [0.29, 0.717) is 36.3 Å². The molecule has 0 fully saturated rings. The minimum absolute atomic E-state index is 0.0321. The van der Waals surface area contributed by atoms with Gasteiger partial charge in [-0.15, -0.1) is 0 Å². The average molecular weight is 526 g/mol. The number of aromatic nitrogens is 1. The van der Waals surface area contributed by atoms with E-state index in [4.69, 9.17) is 9.47 Å². The van der Waals surface area contributed by atoms with Crippen LogP contribution in [-0.2, 0) is 22.4 Å². The molecule has 0 aliphatic carbocycles. The number of esters is 1. The molecule has 0 bridgehead atoms. The van der Waals surface area contributed by atoms with E-state index in [-0.39, 0.29) is 17.9 Å². The second kappa shape index (κ2) is 13.3. The SMILES string of the molecule is CCCC(Oc1ccc(C(=O)c2cc(CCCC(=O)OC)n3ccccc23)cc1)c1ccc(CC(C)C)cc1. The van der Waals surface area contributed by atoms with Gasteiger partial charge in [0.15, 0.2) is 5.78 Å². The van der Waals surface area contributed by atoms with Crippen molar-refractivity contribution in [2.45, 2.75) is 65.4 Å². The monoisotopic (exact) mass is 525 g/mol. The molecule has 0 aliphatic rings. The first kappa shape index (κ1) is 28.2. The highest BCUT2D eigenvalue weighted by Crippen LogP contribution is 2.28. The number of aryl methyl sites for hydroxylation is 1. The molecule has 0 amide bonds. The van der Waals surface area contributed by atoms with Gasteiger partial charge in [0.2, 0.25) is 0 Å². The molecule has 0 saturated heterocycles. The molecule has 39 heavy (non-hydrogen) atoms. The fraction of sp³-hybridized carbons (Fsp3) is 0.353. The normalized spacial score (nSPS) is 12.0. The maximum atomic E-state index is 13.5. The summed E-state index contributed by atoms with van der Waals surface area (Å²) < 4.78 is 13.2. The van der Waals surface area contributed by atoms with Crippen molar-refractivity contribution in [1.82, 2.24) is 4.40 Å². The van der Waals surface area contributed by atoms with Crippen LogP contribution in [0.25, 0.3) is 5.52 Å². The molecule has 5 heteroatoms. The van der Waals surface area contributed by atoms with Crippen LogP contribution in [0.5, 0.6) is 5.75 Å². The van der Waals surface area contributed by atoms with Gasteiger partial charge in [-0.05, 0) is 85.2 Å². The average Bonchev–Trinajstić information content (AvgIpc) is 3.31. The summed E-state index contributed by atoms with van der Waals surface area (Å²) >= 11 is 0. The third-order valence-corrected chi connectivity index (χ3v) is 6.98. The van der Waals surface area contributed by atoms with E-state index in [0.717, 1.165) is 36.2 Å². The number of ketones is 1. The van der Waals surface area contributed by atoms with Gasteiger partial charge >= 0.3 is 5.97 Å². The van der Waals surface area contributed by atoms with Crippen molar-refractivity contribution in [2.24, 2.45) is 5.92 Å². The second-order valence-electron chi connectivity index (χ2n) is 10.5. The second-order valence-corrected chi connectivity index (χ2v) is 10.5. The zero-order valence-corrected chi connectivity index (χ0v) is 23.5. The van der Waals surface area contributed by atoms with Crippen LogP contribution in [0.4, 0.5) is 0 Å². The summed E-state index contributed by atoms with van der Waals surface area (Å²) in [5.74, 6) is 1.12. The van der Waals surface area contributed by atoms with E-state index in [1.54, 1.807) is 0 Å². The Bertz CT molecular complexity index is 1380. The first-order chi connectivity index (χ1) is 18.9. The number of rotatable bonds is 13. The topological polar surface area (TPSA) is 57.0 Å². The highest BCUT2D eigenvalue weighted by atomic mass is 16.5. The lowest BCUT2D eigenvalue weighted by Gasteiger charge is -2.20. The lowest BCUT2D eigenvalue weighted by atomic mass is 9.99. The molecular formula is C34H39NO4. The van der Waals surface area contributed by atoms with Crippen LogP contribution >= 0.6 is 0 Å². The minimum atomic E-state index is -0.223. The molecule has 0 saturated carbocycles. The number of nitrogens with zero attached hydrogens (tertiary/aromatic N) is 1. The van der Waals surface area contributed by atoms with E-state index < -0.39 is 0 Å². The highest BCUT2D eigenvalue weighted by molar-refractivity contribution is 6.13. The van der Waals surface area contributed by atoms with Crippen LogP contribution in [0.2, 0.25) is 0 Å². The maximum absolute atomic E-state index is 13.5. The van der Waals surface area contributed by atoms with Crippen LogP contribution in [0.3, 0.4) is 0 Å². The van der Waals surface area contributed by atoms with Gasteiger partial charge in [-0.1, -0.05) is 57.5 Å². The standard InChI is InChI=1S/C34H39NO4/c1-5-9-32(26-15-13-25(14-16-26)22-24(2)3)39-29-19-17-27(18-20-29)34(37)30-23-28(10-8-12-33(36)38-4)35-21-7-6-11-31(30)35/h6-7,11,13-21,23-24,32H,5,8-10,12,22H2,1-4H3. The fourth-order valence-corrected chi connectivity index (χ4v) is 5.01. The third kappa shape index (κ3) is 7.17. The van der Waals surface area contributed by atoms with Gasteiger partial charge in [0.1, 0.15) is 11.9 Å². The van der Waals surface area contributed by atoms with E-state index in [1.165, 1.54) is 18.2 Å². The summed E-state index contributed by atoms with van der Waals surface area (Å²) in [6, 6.07) is 24.0. The molecule has 0 aliphatic heterocycles. The van der Waals surface area contributed by atoms with Crippen LogP contribution in [0.1, 0.15) is 85.3 Å². The number of hydrogen-bond donors (Lipinski definition) is 0. The van der Waals surface area contributed by atoms with Crippen molar-refractivity contribution in [1.29, 1.82) is 0 Å². The number of pyridine rings is 1. The number of carbonyl (C=O) groups excluding carboxylic acids is 2. The third-order valence-electron chi connectivity index (χ3n) is 6.98. The number of benzene rings is 2. The molecule has 5 nitrogen and oxygen atoms in total. The molecule has 2 heterocycles. The van der Waals surface area contributed by atoms with Crippen molar-refractivity contribution in [3.05, 3.63) is 107 Å². The Labute approximate surface area is 231 Å². The zero-order valence-electron chi connectivity index (χ0n) is 23.5. The van der Waals surface area contributed by atoms with Gasteiger partial charge < -0.3 is 13.9 Å². The summed E-state index contributed by atoms with van der Waals surface area (Å²) in [6.07, 6.45) is 6.61. The lowest BCUT2D eigenvalue weighted by Crippen LogP contribution is -2.08. The Morgan fingerprint density at radius 2 is 1.69 bits per heavy atom. The molecule has 0 spiro atoms. The molecular weight excluding hydrogens is 486 g/mol.